The quantitative estimate of drug-likeness (QED) is 0.454. The minimum Gasteiger partial charge on any atom is -0.476 e. The summed E-state index contributed by atoms with van der Waals surface area (Å²) >= 11 is 0. The van der Waals surface area contributed by atoms with E-state index in [9.17, 15) is 26.4 Å². The Morgan fingerprint density at radius 1 is 1.18 bits per heavy atom. The van der Waals surface area contributed by atoms with Gasteiger partial charge in [-0.15, -0.1) is 0 Å². The molecular formula is C22H26F3NO7S. The normalized spacial score (nSPS) is 17.6. The zero-order valence-electron chi connectivity index (χ0n) is 19.0. The summed E-state index contributed by atoms with van der Waals surface area (Å²) in [4.78, 5) is 12.6. The standard InChI is InChI=1S/C20H20F3NO7S.C2H6/c1-12-17(25)9-18(30-11-15-10-28-6-7-29-15)24-5-4-13-8-14(2-3-16(13)19(12)24)31-32(26,27)20(21,22)23;1-2/h2-3,8-9,15H,4-7,10-11H2,1H3;1-2H3. The number of rotatable bonds is 5. The van der Waals surface area contributed by atoms with Crippen LogP contribution in [-0.2, 0) is 32.6 Å². The van der Waals surface area contributed by atoms with Crippen molar-refractivity contribution in [3.05, 3.63) is 45.6 Å². The molecular weight excluding hydrogens is 479 g/mol. The molecule has 34 heavy (non-hydrogen) atoms. The van der Waals surface area contributed by atoms with Crippen LogP contribution >= 0.6 is 0 Å². The van der Waals surface area contributed by atoms with E-state index in [2.05, 4.69) is 4.18 Å². The number of fused-ring (bicyclic) bond motifs is 3. The van der Waals surface area contributed by atoms with E-state index in [1.807, 2.05) is 18.4 Å². The van der Waals surface area contributed by atoms with Gasteiger partial charge in [-0.2, -0.15) is 21.6 Å². The number of benzene rings is 1. The van der Waals surface area contributed by atoms with Crippen LogP contribution in [0.4, 0.5) is 13.2 Å². The Bertz CT molecular complexity index is 1190. The van der Waals surface area contributed by atoms with Crippen LogP contribution in [0.1, 0.15) is 25.0 Å². The lowest BCUT2D eigenvalue weighted by Gasteiger charge is -2.28. The summed E-state index contributed by atoms with van der Waals surface area (Å²) < 4.78 is 83.3. The van der Waals surface area contributed by atoms with Crippen molar-refractivity contribution in [1.82, 2.24) is 4.57 Å². The van der Waals surface area contributed by atoms with Crippen molar-refractivity contribution in [2.24, 2.45) is 0 Å². The number of pyridine rings is 1. The smallest absolute Gasteiger partial charge is 0.476 e. The van der Waals surface area contributed by atoms with Gasteiger partial charge in [0.05, 0.1) is 25.5 Å². The maximum absolute atomic E-state index is 12.6. The van der Waals surface area contributed by atoms with Gasteiger partial charge in [-0.25, -0.2) is 0 Å². The van der Waals surface area contributed by atoms with E-state index in [1.165, 1.54) is 18.2 Å². The number of alkyl halides is 3. The van der Waals surface area contributed by atoms with Crippen LogP contribution in [0.5, 0.6) is 11.6 Å². The topological polar surface area (TPSA) is 93.1 Å². The fourth-order valence-electron chi connectivity index (χ4n) is 3.69. The number of aryl methyl sites for hydroxylation is 1. The Labute approximate surface area is 195 Å². The molecule has 2 aliphatic rings. The van der Waals surface area contributed by atoms with E-state index in [0.29, 0.717) is 61.1 Å². The second-order valence-corrected chi connectivity index (χ2v) is 8.94. The number of halogens is 3. The van der Waals surface area contributed by atoms with Crippen molar-refractivity contribution >= 4 is 10.1 Å². The Morgan fingerprint density at radius 3 is 2.56 bits per heavy atom. The molecule has 0 aliphatic carbocycles. The molecule has 1 unspecified atom stereocenters. The molecule has 1 aromatic heterocycles. The average Bonchev–Trinajstić information content (AvgIpc) is 2.81. The van der Waals surface area contributed by atoms with Crippen molar-refractivity contribution in [3.8, 4) is 22.9 Å². The number of hydrogen-bond acceptors (Lipinski definition) is 7. The maximum Gasteiger partial charge on any atom is 0.534 e. The SMILES string of the molecule is CC.Cc1c2n(c(OCC3COCCO3)cc1=O)CCc1cc(OS(=O)(=O)C(F)(F)F)ccc1-2. The van der Waals surface area contributed by atoms with Gasteiger partial charge >= 0.3 is 15.6 Å². The molecule has 188 valence electrons. The summed E-state index contributed by atoms with van der Waals surface area (Å²) in [6.07, 6.45) is 0.107. The van der Waals surface area contributed by atoms with Crippen molar-refractivity contribution < 1.29 is 40.0 Å². The van der Waals surface area contributed by atoms with Crippen LogP contribution < -0.4 is 14.3 Å². The predicted octanol–water partition coefficient (Wildman–Crippen LogP) is 3.43. The monoisotopic (exact) mass is 505 g/mol. The van der Waals surface area contributed by atoms with Crippen LogP contribution in [-0.4, -0.2) is 51.0 Å². The molecule has 2 aliphatic heterocycles. The van der Waals surface area contributed by atoms with Gasteiger partial charge < -0.3 is 23.0 Å². The van der Waals surface area contributed by atoms with Crippen molar-refractivity contribution in [3.63, 3.8) is 0 Å². The molecule has 3 heterocycles. The molecule has 2 aromatic rings. The highest BCUT2D eigenvalue weighted by Crippen LogP contribution is 2.36. The van der Waals surface area contributed by atoms with Gasteiger partial charge in [0.1, 0.15) is 18.5 Å². The second-order valence-electron chi connectivity index (χ2n) is 7.40. The summed E-state index contributed by atoms with van der Waals surface area (Å²) in [6, 6.07) is 5.20. The molecule has 1 atom stereocenters. The first kappa shape index (κ1) is 26.0. The Hall–Kier alpha value is -2.57. The third kappa shape index (κ3) is 5.39. The molecule has 0 N–H and O–H groups in total. The molecule has 1 fully saturated rings. The minimum atomic E-state index is -5.77. The van der Waals surface area contributed by atoms with E-state index in [-0.39, 0.29) is 18.1 Å². The Kier molecular flexibility index (Phi) is 7.94. The van der Waals surface area contributed by atoms with Gasteiger partial charge in [0.2, 0.25) is 0 Å². The Morgan fingerprint density at radius 2 is 1.91 bits per heavy atom. The largest absolute Gasteiger partial charge is 0.534 e. The fraction of sp³-hybridized carbons (Fsp3) is 0.500. The highest BCUT2D eigenvalue weighted by Gasteiger charge is 2.48. The van der Waals surface area contributed by atoms with Gasteiger partial charge in [-0.3, -0.25) is 4.79 Å². The van der Waals surface area contributed by atoms with Gasteiger partial charge in [0, 0.05) is 23.7 Å². The van der Waals surface area contributed by atoms with Gasteiger partial charge in [0.15, 0.2) is 11.3 Å². The molecule has 0 bridgehead atoms. The summed E-state index contributed by atoms with van der Waals surface area (Å²) in [7, 11) is -5.77. The number of nitrogens with zero attached hydrogens (tertiary/aromatic N) is 1. The number of hydrogen-bond donors (Lipinski definition) is 0. The third-order valence-electron chi connectivity index (χ3n) is 5.24. The average molecular weight is 506 g/mol. The van der Waals surface area contributed by atoms with Crippen LogP contribution in [0.2, 0.25) is 0 Å². The molecule has 0 spiro atoms. The summed E-state index contributed by atoms with van der Waals surface area (Å²) in [5.41, 5.74) is -3.65. The maximum atomic E-state index is 12.6. The molecule has 8 nitrogen and oxygen atoms in total. The highest BCUT2D eigenvalue weighted by molar-refractivity contribution is 7.88. The highest BCUT2D eigenvalue weighted by atomic mass is 32.2. The summed E-state index contributed by atoms with van der Waals surface area (Å²) in [5.74, 6) is -0.105. The van der Waals surface area contributed by atoms with Crippen LogP contribution in [0, 0.1) is 6.92 Å². The molecule has 0 radical (unpaired) electrons. The van der Waals surface area contributed by atoms with Gasteiger partial charge in [-0.05, 0) is 37.1 Å². The van der Waals surface area contributed by atoms with E-state index < -0.39 is 21.4 Å². The first-order chi connectivity index (χ1) is 16.1. The van der Waals surface area contributed by atoms with Crippen molar-refractivity contribution in [2.75, 3.05) is 26.4 Å². The first-order valence-electron chi connectivity index (χ1n) is 10.8. The zero-order valence-corrected chi connectivity index (χ0v) is 19.8. The lowest BCUT2D eigenvalue weighted by molar-refractivity contribution is -0.102. The van der Waals surface area contributed by atoms with Gasteiger partial charge in [-0.1, -0.05) is 13.8 Å². The second kappa shape index (κ2) is 10.4. The minimum absolute atomic E-state index is 0.191. The lowest BCUT2D eigenvalue weighted by atomic mass is 9.94. The third-order valence-corrected chi connectivity index (χ3v) is 6.22. The zero-order chi connectivity index (χ0) is 25.1. The molecule has 1 saturated heterocycles. The van der Waals surface area contributed by atoms with Crippen molar-refractivity contribution in [1.29, 1.82) is 0 Å². The molecule has 0 amide bonds. The predicted molar refractivity (Wildman–Crippen MR) is 118 cm³/mol. The van der Waals surface area contributed by atoms with Crippen LogP contribution in [0.25, 0.3) is 11.3 Å². The fourth-order valence-corrected chi connectivity index (χ4v) is 4.15. The van der Waals surface area contributed by atoms with Crippen molar-refractivity contribution in [2.45, 2.75) is 45.3 Å². The molecule has 12 heteroatoms. The van der Waals surface area contributed by atoms with E-state index in [0.717, 1.165) is 6.07 Å². The van der Waals surface area contributed by atoms with Gasteiger partial charge in [0.25, 0.3) is 0 Å². The number of ether oxygens (including phenoxy) is 3. The van der Waals surface area contributed by atoms with Crippen LogP contribution in [0.15, 0.2) is 29.1 Å². The first-order valence-corrected chi connectivity index (χ1v) is 12.2. The lowest BCUT2D eigenvalue weighted by Crippen LogP contribution is -2.34. The summed E-state index contributed by atoms with van der Waals surface area (Å²) in [6.45, 7) is 7.57. The van der Waals surface area contributed by atoms with E-state index in [1.54, 1.807) is 6.92 Å². The Balaban J connectivity index is 0.00000158. The molecule has 1 aromatic carbocycles. The summed E-state index contributed by atoms with van der Waals surface area (Å²) in [5, 5.41) is 0. The van der Waals surface area contributed by atoms with E-state index in [4.69, 9.17) is 14.2 Å². The van der Waals surface area contributed by atoms with Crippen LogP contribution in [0.3, 0.4) is 0 Å². The molecule has 0 saturated carbocycles. The molecule has 4 rings (SSSR count). The van der Waals surface area contributed by atoms with E-state index >= 15 is 0 Å². The number of aromatic nitrogens is 1.